The molecular formula is C15H24N2O2S. The highest BCUT2D eigenvalue weighted by Crippen LogP contribution is 2.36. The van der Waals surface area contributed by atoms with Gasteiger partial charge in [0.15, 0.2) is 0 Å². The van der Waals surface area contributed by atoms with Crippen LogP contribution in [0.15, 0.2) is 24.3 Å². The quantitative estimate of drug-likeness (QED) is 0.594. The third-order valence-electron chi connectivity index (χ3n) is 4.29. The van der Waals surface area contributed by atoms with E-state index in [2.05, 4.69) is 29.7 Å². The molecule has 2 rings (SSSR count). The van der Waals surface area contributed by atoms with Crippen molar-refractivity contribution in [3.05, 3.63) is 35.4 Å². The van der Waals surface area contributed by atoms with Gasteiger partial charge in [-0.15, -0.1) is 0 Å². The van der Waals surface area contributed by atoms with Crippen molar-refractivity contribution in [1.29, 1.82) is 0 Å². The molecule has 5 heteroatoms. The lowest BCUT2D eigenvalue weighted by molar-refractivity contribution is 0.409. The van der Waals surface area contributed by atoms with Gasteiger partial charge in [0.05, 0.1) is 5.75 Å². The molecule has 0 aliphatic heterocycles. The fourth-order valence-electron chi connectivity index (χ4n) is 3.08. The summed E-state index contributed by atoms with van der Waals surface area (Å²) < 4.78 is 23.1. The van der Waals surface area contributed by atoms with Crippen molar-refractivity contribution in [1.82, 2.24) is 5.43 Å². The number of hydrogen-bond donors (Lipinski definition) is 2. The summed E-state index contributed by atoms with van der Waals surface area (Å²) in [6.45, 7) is 1.70. The molecule has 0 spiro atoms. The predicted molar refractivity (Wildman–Crippen MR) is 82.2 cm³/mol. The van der Waals surface area contributed by atoms with Crippen LogP contribution in [0, 0.1) is 0 Å². The molecule has 0 saturated heterocycles. The van der Waals surface area contributed by atoms with Crippen molar-refractivity contribution in [2.45, 2.75) is 44.6 Å². The van der Waals surface area contributed by atoms with Gasteiger partial charge < -0.3 is 0 Å². The average molecular weight is 296 g/mol. The smallest absolute Gasteiger partial charge is 0.150 e. The van der Waals surface area contributed by atoms with Crippen molar-refractivity contribution in [3.8, 4) is 0 Å². The minimum atomic E-state index is -2.88. The second-order valence-electron chi connectivity index (χ2n) is 5.50. The van der Waals surface area contributed by atoms with Crippen LogP contribution in [0.2, 0.25) is 0 Å². The third kappa shape index (κ3) is 3.59. The van der Waals surface area contributed by atoms with Gasteiger partial charge in [0.1, 0.15) is 9.84 Å². The number of fused-ring (bicyclic) bond motifs is 1. The van der Waals surface area contributed by atoms with Crippen molar-refractivity contribution in [3.63, 3.8) is 0 Å². The SMILES string of the molecule is CCS(=O)(=O)CCCC(NN)C1CCc2ccccc21. The molecule has 3 N–H and O–H groups in total. The van der Waals surface area contributed by atoms with E-state index in [0.29, 0.717) is 12.3 Å². The maximum atomic E-state index is 11.5. The first-order chi connectivity index (χ1) is 9.57. The average Bonchev–Trinajstić information content (AvgIpc) is 2.87. The van der Waals surface area contributed by atoms with E-state index in [0.717, 1.165) is 19.3 Å². The molecule has 4 nitrogen and oxygen atoms in total. The highest BCUT2D eigenvalue weighted by atomic mass is 32.2. The second-order valence-corrected chi connectivity index (χ2v) is 7.97. The van der Waals surface area contributed by atoms with Gasteiger partial charge in [-0.1, -0.05) is 31.2 Å². The van der Waals surface area contributed by atoms with Gasteiger partial charge in [-0.2, -0.15) is 0 Å². The standard InChI is InChI=1S/C15H24N2O2S/c1-2-20(18,19)11-5-8-15(17-16)14-10-9-12-6-3-4-7-13(12)14/h3-4,6-7,14-15,17H,2,5,8-11,16H2,1H3. The van der Waals surface area contributed by atoms with Crippen molar-refractivity contribution in [2.75, 3.05) is 11.5 Å². The van der Waals surface area contributed by atoms with Gasteiger partial charge in [0, 0.05) is 17.7 Å². The number of hydrazine groups is 1. The molecule has 0 radical (unpaired) electrons. The first-order valence-corrected chi connectivity index (χ1v) is 9.14. The Morgan fingerprint density at radius 1 is 1.40 bits per heavy atom. The first kappa shape index (κ1) is 15.5. The van der Waals surface area contributed by atoms with Gasteiger partial charge in [0.2, 0.25) is 0 Å². The molecule has 0 aromatic heterocycles. The largest absolute Gasteiger partial charge is 0.271 e. The molecule has 0 heterocycles. The molecule has 0 fully saturated rings. The summed E-state index contributed by atoms with van der Waals surface area (Å²) in [4.78, 5) is 0. The van der Waals surface area contributed by atoms with E-state index in [9.17, 15) is 8.42 Å². The van der Waals surface area contributed by atoms with E-state index in [4.69, 9.17) is 5.84 Å². The fourth-order valence-corrected chi connectivity index (χ4v) is 3.97. The summed E-state index contributed by atoms with van der Waals surface area (Å²) in [6, 6.07) is 8.63. The number of aryl methyl sites for hydroxylation is 1. The van der Waals surface area contributed by atoms with Crippen LogP contribution < -0.4 is 11.3 Å². The fraction of sp³-hybridized carbons (Fsp3) is 0.600. The van der Waals surface area contributed by atoms with Crippen LogP contribution in [0.5, 0.6) is 0 Å². The lowest BCUT2D eigenvalue weighted by Crippen LogP contribution is -2.39. The second kappa shape index (κ2) is 6.70. The predicted octanol–water partition coefficient (Wildman–Crippen LogP) is 1.76. The molecule has 0 amide bonds. The summed E-state index contributed by atoms with van der Waals surface area (Å²) in [5.74, 6) is 6.58. The minimum Gasteiger partial charge on any atom is -0.271 e. The van der Waals surface area contributed by atoms with Crippen LogP contribution >= 0.6 is 0 Å². The number of hydrogen-bond acceptors (Lipinski definition) is 4. The van der Waals surface area contributed by atoms with E-state index in [1.165, 1.54) is 11.1 Å². The zero-order valence-electron chi connectivity index (χ0n) is 12.0. The van der Waals surface area contributed by atoms with Crippen molar-refractivity contribution in [2.24, 2.45) is 5.84 Å². The Balaban J connectivity index is 1.97. The molecule has 112 valence electrons. The van der Waals surface area contributed by atoms with Gasteiger partial charge in [-0.3, -0.25) is 11.3 Å². The Hall–Kier alpha value is -0.910. The maximum Gasteiger partial charge on any atom is 0.150 e. The maximum absolute atomic E-state index is 11.5. The molecular weight excluding hydrogens is 272 g/mol. The van der Waals surface area contributed by atoms with Gasteiger partial charge in [-0.05, 0) is 36.8 Å². The highest BCUT2D eigenvalue weighted by Gasteiger charge is 2.28. The molecule has 1 aromatic carbocycles. The van der Waals surface area contributed by atoms with Crippen LogP contribution in [0.4, 0.5) is 0 Å². The Labute approximate surface area is 121 Å². The Kier molecular flexibility index (Phi) is 5.18. The van der Waals surface area contributed by atoms with Gasteiger partial charge in [-0.25, -0.2) is 8.42 Å². The zero-order valence-corrected chi connectivity index (χ0v) is 12.8. The highest BCUT2D eigenvalue weighted by molar-refractivity contribution is 7.91. The molecule has 2 unspecified atom stereocenters. The molecule has 2 atom stereocenters. The Bertz CT molecular complexity index is 543. The van der Waals surface area contributed by atoms with Crippen LogP contribution in [0.3, 0.4) is 0 Å². The molecule has 1 aliphatic carbocycles. The summed E-state index contributed by atoms with van der Waals surface area (Å²) in [5.41, 5.74) is 5.67. The van der Waals surface area contributed by atoms with Crippen LogP contribution in [0.25, 0.3) is 0 Å². The van der Waals surface area contributed by atoms with E-state index < -0.39 is 9.84 Å². The monoisotopic (exact) mass is 296 g/mol. The molecule has 0 saturated carbocycles. The topological polar surface area (TPSA) is 72.2 Å². The van der Waals surface area contributed by atoms with Crippen LogP contribution in [-0.4, -0.2) is 26.0 Å². The summed E-state index contributed by atoms with van der Waals surface area (Å²) >= 11 is 0. The van der Waals surface area contributed by atoms with E-state index >= 15 is 0 Å². The van der Waals surface area contributed by atoms with E-state index in [1.54, 1.807) is 6.92 Å². The first-order valence-electron chi connectivity index (χ1n) is 7.31. The number of benzene rings is 1. The van der Waals surface area contributed by atoms with E-state index in [1.807, 2.05) is 0 Å². The van der Waals surface area contributed by atoms with Crippen LogP contribution in [0.1, 0.15) is 43.2 Å². The summed E-state index contributed by atoms with van der Waals surface area (Å²) in [6.07, 6.45) is 3.65. The molecule has 1 aromatic rings. The lowest BCUT2D eigenvalue weighted by Gasteiger charge is -2.23. The summed E-state index contributed by atoms with van der Waals surface area (Å²) in [5, 5.41) is 0. The minimum absolute atomic E-state index is 0.158. The van der Waals surface area contributed by atoms with Gasteiger partial charge in [0.25, 0.3) is 0 Å². The van der Waals surface area contributed by atoms with Crippen molar-refractivity contribution < 1.29 is 8.42 Å². The van der Waals surface area contributed by atoms with Crippen LogP contribution in [-0.2, 0) is 16.3 Å². The lowest BCUT2D eigenvalue weighted by atomic mass is 9.91. The number of sulfone groups is 1. The normalized spacial score (nSPS) is 19.8. The Morgan fingerprint density at radius 3 is 2.85 bits per heavy atom. The number of nitrogens with two attached hydrogens (primary N) is 1. The number of nitrogens with one attached hydrogen (secondary N) is 1. The van der Waals surface area contributed by atoms with Crippen molar-refractivity contribution >= 4 is 9.84 Å². The van der Waals surface area contributed by atoms with E-state index in [-0.39, 0.29) is 17.5 Å². The molecule has 1 aliphatic rings. The van der Waals surface area contributed by atoms with Gasteiger partial charge >= 0.3 is 0 Å². The third-order valence-corrected chi connectivity index (χ3v) is 6.08. The summed E-state index contributed by atoms with van der Waals surface area (Å²) in [7, 11) is -2.88. The Morgan fingerprint density at radius 2 is 2.15 bits per heavy atom. The zero-order chi connectivity index (χ0) is 14.6. The number of rotatable bonds is 7. The molecule has 0 bridgehead atoms. The molecule has 20 heavy (non-hydrogen) atoms.